The molecule has 5 rings (SSSR count). The molecule has 2 aromatic carbocycles. The average Bonchev–Trinajstić information content (AvgIpc) is 3.55. The Kier molecular flexibility index (Phi) is 12.3. The number of aryl methyl sites for hydroxylation is 1. The molecule has 260 valence electrons. The number of carbonyl (C=O) groups is 4. The number of nitrogens with one attached hydrogen (secondary N) is 3. The Balaban J connectivity index is 1.27. The number of amides is 4. The molecule has 4 amide bonds. The number of hydrogen-bond donors (Lipinski definition) is 3. The summed E-state index contributed by atoms with van der Waals surface area (Å²) in [6.07, 6.45) is 7.92. The van der Waals surface area contributed by atoms with Crippen molar-refractivity contribution in [3.63, 3.8) is 0 Å². The van der Waals surface area contributed by atoms with E-state index in [1.54, 1.807) is 56.7 Å². The Morgan fingerprint density at radius 3 is 2.35 bits per heavy atom. The number of nitrogens with zero attached hydrogens (tertiary/aromatic N) is 5. The number of carbonyl (C=O) groups excluding carboxylic acids is 4. The number of aromatic nitrogens is 2. The van der Waals surface area contributed by atoms with Crippen molar-refractivity contribution in [1.82, 2.24) is 30.2 Å². The molecule has 3 N–H and O–H groups in total. The van der Waals surface area contributed by atoms with Gasteiger partial charge in [0.1, 0.15) is 11.7 Å². The smallest absolute Gasteiger partial charge is 0.270 e. The second kappa shape index (κ2) is 17.0. The van der Waals surface area contributed by atoms with E-state index in [-0.39, 0.29) is 42.0 Å². The molecule has 0 bridgehead atoms. The maximum atomic E-state index is 13.9. The van der Waals surface area contributed by atoms with Crippen molar-refractivity contribution < 1.29 is 19.2 Å². The van der Waals surface area contributed by atoms with Gasteiger partial charge in [0.25, 0.3) is 11.8 Å². The van der Waals surface area contributed by atoms with Crippen LogP contribution in [0.5, 0.6) is 0 Å². The van der Waals surface area contributed by atoms with Gasteiger partial charge in [-0.25, -0.2) is 0 Å². The molecule has 2 heterocycles. The first kappa shape index (κ1) is 35.5. The van der Waals surface area contributed by atoms with Gasteiger partial charge in [-0.15, -0.1) is 0 Å². The number of aliphatic imine (C=N–C) groups is 1. The Morgan fingerprint density at radius 1 is 0.939 bits per heavy atom. The van der Waals surface area contributed by atoms with Crippen LogP contribution >= 0.6 is 0 Å². The molecule has 2 aliphatic rings. The van der Waals surface area contributed by atoms with Crippen LogP contribution in [0.4, 0.5) is 5.69 Å². The molecule has 1 saturated carbocycles. The molecule has 3 aromatic rings. The summed E-state index contributed by atoms with van der Waals surface area (Å²) in [6, 6.07) is 18.1. The summed E-state index contributed by atoms with van der Waals surface area (Å²) >= 11 is 0. The summed E-state index contributed by atoms with van der Waals surface area (Å²) in [5.74, 6) is -1.06. The van der Waals surface area contributed by atoms with E-state index in [9.17, 15) is 19.2 Å². The van der Waals surface area contributed by atoms with Crippen LogP contribution in [-0.4, -0.2) is 94.4 Å². The molecule has 49 heavy (non-hydrogen) atoms. The van der Waals surface area contributed by atoms with Crippen molar-refractivity contribution >= 4 is 35.5 Å². The largest absolute Gasteiger partial charge is 0.339 e. The van der Waals surface area contributed by atoms with Crippen LogP contribution in [0.3, 0.4) is 0 Å². The van der Waals surface area contributed by atoms with Gasteiger partial charge in [-0.1, -0.05) is 68.7 Å². The molecular weight excluding hydrogens is 620 g/mol. The fraction of sp³-hybridized carbons (Fsp3) is 0.459. The SMILES string of the molecule is CCC(=O)NC(/N=C/c1ccc(NC(=O)[C@@H](NC(=O)c2ccnn2C)C2CCCCC2)cc1)C(=O)N1CCN(C)C[C@@H]1Cc1ccccc1. The average molecular weight is 669 g/mol. The molecule has 3 atom stereocenters. The van der Waals surface area contributed by atoms with Crippen LogP contribution < -0.4 is 16.0 Å². The van der Waals surface area contributed by atoms with Crippen LogP contribution in [0, 0.1) is 5.92 Å². The summed E-state index contributed by atoms with van der Waals surface area (Å²) < 4.78 is 1.49. The van der Waals surface area contributed by atoms with E-state index in [1.807, 2.05) is 23.1 Å². The third kappa shape index (κ3) is 9.62. The third-order valence-electron chi connectivity index (χ3n) is 9.43. The maximum absolute atomic E-state index is 13.9. The van der Waals surface area contributed by atoms with Crippen LogP contribution in [0.1, 0.15) is 67.1 Å². The minimum atomic E-state index is -1.06. The number of rotatable bonds is 12. The summed E-state index contributed by atoms with van der Waals surface area (Å²) in [5.41, 5.74) is 2.81. The van der Waals surface area contributed by atoms with Crippen molar-refractivity contribution in [2.45, 2.75) is 70.1 Å². The van der Waals surface area contributed by atoms with E-state index >= 15 is 0 Å². The number of anilines is 1. The lowest BCUT2D eigenvalue weighted by atomic mass is 9.83. The fourth-order valence-corrected chi connectivity index (χ4v) is 6.65. The second-order valence-electron chi connectivity index (χ2n) is 13.0. The molecule has 1 aliphatic carbocycles. The van der Waals surface area contributed by atoms with E-state index in [4.69, 9.17) is 0 Å². The van der Waals surface area contributed by atoms with Crippen molar-refractivity contribution in [1.29, 1.82) is 0 Å². The molecule has 12 nitrogen and oxygen atoms in total. The van der Waals surface area contributed by atoms with Gasteiger partial charge in [-0.2, -0.15) is 5.10 Å². The minimum absolute atomic E-state index is 0.0396. The van der Waals surface area contributed by atoms with Gasteiger partial charge < -0.3 is 25.8 Å². The van der Waals surface area contributed by atoms with Gasteiger partial charge in [0.15, 0.2) is 0 Å². The van der Waals surface area contributed by atoms with Crippen LogP contribution in [0.25, 0.3) is 0 Å². The third-order valence-corrected chi connectivity index (χ3v) is 9.43. The van der Waals surface area contributed by atoms with Gasteiger partial charge in [-0.3, -0.25) is 28.9 Å². The first-order chi connectivity index (χ1) is 23.7. The standard InChI is InChI=1S/C37H48N8O4/c1-4-32(46)41-34(37(49)45-22-21-43(2)25-30(45)23-26-11-7-5-8-12-26)38-24-27-15-17-29(18-16-27)40-36(48)33(28-13-9-6-10-14-28)42-35(47)31-19-20-39-44(31)3/h5,7-8,11-12,15-20,24,28,30,33-34H,4,6,9-10,13-14,21-23,25H2,1-3H3,(H,40,48)(H,41,46)(H,42,47)/b38-24+/t30-,33-,34?/m0/s1. The Morgan fingerprint density at radius 2 is 1.67 bits per heavy atom. The topological polar surface area (TPSA) is 141 Å². The molecule has 1 aliphatic heterocycles. The lowest BCUT2D eigenvalue weighted by Crippen LogP contribution is -2.59. The van der Waals surface area contributed by atoms with Crippen LogP contribution in [0.2, 0.25) is 0 Å². The van der Waals surface area contributed by atoms with Crippen molar-refractivity contribution in [3.8, 4) is 0 Å². The highest BCUT2D eigenvalue weighted by molar-refractivity contribution is 6.01. The Labute approximate surface area is 288 Å². The predicted molar refractivity (Wildman–Crippen MR) is 189 cm³/mol. The van der Waals surface area contributed by atoms with E-state index in [1.165, 1.54) is 4.68 Å². The quantitative estimate of drug-likeness (QED) is 0.253. The van der Waals surface area contributed by atoms with Crippen molar-refractivity contribution in [2.75, 3.05) is 32.0 Å². The number of benzene rings is 2. The summed E-state index contributed by atoms with van der Waals surface area (Å²) in [5, 5.41) is 12.8. The maximum Gasteiger partial charge on any atom is 0.270 e. The first-order valence-electron chi connectivity index (χ1n) is 17.3. The predicted octanol–water partition coefficient (Wildman–Crippen LogP) is 3.39. The molecule has 1 saturated heterocycles. The molecule has 0 spiro atoms. The summed E-state index contributed by atoms with van der Waals surface area (Å²) in [4.78, 5) is 61.6. The highest BCUT2D eigenvalue weighted by atomic mass is 16.2. The first-order valence-corrected chi connectivity index (χ1v) is 17.3. The highest BCUT2D eigenvalue weighted by Gasteiger charge is 2.34. The van der Waals surface area contributed by atoms with Gasteiger partial charge in [0.05, 0.1) is 0 Å². The van der Waals surface area contributed by atoms with Gasteiger partial charge in [0.2, 0.25) is 18.0 Å². The highest BCUT2D eigenvalue weighted by Crippen LogP contribution is 2.27. The number of likely N-dealkylation sites (N-methyl/N-ethyl adjacent to an activating group) is 1. The van der Waals surface area contributed by atoms with E-state index in [0.717, 1.165) is 50.8 Å². The lowest BCUT2D eigenvalue weighted by Gasteiger charge is -2.41. The minimum Gasteiger partial charge on any atom is -0.339 e. The molecular formula is C37H48N8O4. The van der Waals surface area contributed by atoms with Gasteiger partial charge in [0, 0.05) is 57.2 Å². The van der Waals surface area contributed by atoms with Gasteiger partial charge in [-0.05, 0) is 61.6 Å². The molecule has 12 heteroatoms. The van der Waals surface area contributed by atoms with Crippen molar-refractivity contribution in [3.05, 3.63) is 83.7 Å². The van der Waals surface area contributed by atoms with E-state index in [2.05, 4.69) is 50.1 Å². The van der Waals surface area contributed by atoms with Crippen LogP contribution in [-0.2, 0) is 27.9 Å². The molecule has 1 aromatic heterocycles. The molecule has 2 fully saturated rings. The Hall–Kier alpha value is -4.84. The summed E-state index contributed by atoms with van der Waals surface area (Å²) in [6.45, 7) is 3.74. The van der Waals surface area contributed by atoms with E-state index in [0.29, 0.717) is 29.9 Å². The zero-order valence-corrected chi connectivity index (χ0v) is 28.7. The van der Waals surface area contributed by atoms with Crippen molar-refractivity contribution in [2.24, 2.45) is 18.0 Å². The van der Waals surface area contributed by atoms with Gasteiger partial charge >= 0.3 is 0 Å². The zero-order valence-electron chi connectivity index (χ0n) is 28.7. The Bertz CT molecular complexity index is 1600. The molecule has 1 unspecified atom stereocenters. The monoisotopic (exact) mass is 668 g/mol. The second-order valence-corrected chi connectivity index (χ2v) is 13.0. The van der Waals surface area contributed by atoms with E-state index < -0.39 is 12.2 Å². The number of piperazine rings is 1. The molecule has 0 radical (unpaired) electrons. The summed E-state index contributed by atoms with van der Waals surface area (Å²) in [7, 11) is 3.75. The zero-order chi connectivity index (χ0) is 34.8. The van der Waals surface area contributed by atoms with Crippen LogP contribution in [0.15, 0.2) is 71.9 Å². The fourth-order valence-electron chi connectivity index (χ4n) is 6.65. The number of hydrogen-bond acceptors (Lipinski definition) is 7. The lowest BCUT2D eigenvalue weighted by molar-refractivity contribution is -0.140. The normalized spacial score (nSPS) is 18.5.